The number of methoxy groups -OCH3 is 1. The number of rotatable bonds is 4. The van der Waals surface area contributed by atoms with Gasteiger partial charge < -0.3 is 9.84 Å². The van der Waals surface area contributed by atoms with Crippen LogP contribution >= 0.6 is 15.9 Å². The molecule has 0 spiro atoms. The first-order valence-electron chi connectivity index (χ1n) is 8.58. The highest BCUT2D eigenvalue weighted by Gasteiger charge is 2.42. The lowest BCUT2D eigenvalue weighted by Gasteiger charge is -2.38. The smallest absolute Gasteiger partial charge is 0.308 e. The Morgan fingerprint density at radius 1 is 1.23 bits per heavy atom. The molecule has 3 unspecified atom stereocenters. The lowest BCUT2D eigenvalue weighted by Crippen LogP contribution is -2.53. The summed E-state index contributed by atoms with van der Waals surface area (Å²) in [7, 11) is -2.18. The molecule has 26 heavy (non-hydrogen) atoms. The number of ether oxygens (including phenoxy) is 1. The van der Waals surface area contributed by atoms with E-state index in [1.807, 2.05) is 0 Å². The van der Waals surface area contributed by atoms with Crippen molar-refractivity contribution in [2.45, 2.75) is 29.9 Å². The normalized spacial score (nSPS) is 28.2. The van der Waals surface area contributed by atoms with Gasteiger partial charge in [0.1, 0.15) is 0 Å². The first-order chi connectivity index (χ1) is 12.3. The zero-order chi connectivity index (χ0) is 18.9. The fourth-order valence-electron chi connectivity index (χ4n) is 3.80. The van der Waals surface area contributed by atoms with Crippen molar-refractivity contribution in [3.63, 3.8) is 0 Å². The number of carbonyl (C=O) groups is 1. The van der Waals surface area contributed by atoms with Crippen LogP contribution < -0.4 is 0 Å². The van der Waals surface area contributed by atoms with Crippen molar-refractivity contribution in [3.8, 4) is 0 Å². The van der Waals surface area contributed by atoms with E-state index < -0.39 is 16.1 Å². The van der Waals surface area contributed by atoms with E-state index >= 15 is 0 Å². The number of piperazine rings is 1. The van der Waals surface area contributed by atoms with E-state index in [4.69, 9.17) is 4.74 Å². The second-order valence-corrected chi connectivity index (χ2v) is 9.58. The molecular formula is C17H23BrN2O5S. The fraction of sp³-hybridized carbons (Fsp3) is 0.588. The van der Waals surface area contributed by atoms with Gasteiger partial charge in [-0.15, -0.1) is 0 Å². The maximum atomic E-state index is 12.8. The van der Waals surface area contributed by atoms with Crippen molar-refractivity contribution in [1.29, 1.82) is 0 Å². The van der Waals surface area contributed by atoms with Crippen molar-refractivity contribution in [2.75, 3.05) is 33.3 Å². The van der Waals surface area contributed by atoms with Crippen LogP contribution in [0.15, 0.2) is 33.6 Å². The van der Waals surface area contributed by atoms with Gasteiger partial charge in [-0.2, -0.15) is 4.31 Å². The number of carbonyl (C=O) groups excluding carboxylic acids is 1. The topological polar surface area (TPSA) is 87.2 Å². The fourth-order valence-corrected chi connectivity index (χ4v) is 5.82. The van der Waals surface area contributed by atoms with Gasteiger partial charge in [0.05, 0.1) is 24.0 Å². The van der Waals surface area contributed by atoms with E-state index in [0.717, 1.165) is 4.47 Å². The molecule has 1 saturated heterocycles. The SMILES string of the molecule is COC(=O)C1CC(O)C(N2CCN(S(=O)(=O)c3cccc(Br)c3)CC2)C1. The molecule has 3 rings (SSSR count). The number of aliphatic hydroxyl groups excluding tert-OH is 1. The average molecular weight is 447 g/mol. The Kier molecular flexibility index (Phi) is 6.03. The van der Waals surface area contributed by atoms with Crippen molar-refractivity contribution in [3.05, 3.63) is 28.7 Å². The maximum absolute atomic E-state index is 12.8. The molecule has 1 aliphatic carbocycles. The summed E-state index contributed by atoms with van der Waals surface area (Å²) in [6.07, 6.45) is 0.354. The first-order valence-corrected chi connectivity index (χ1v) is 10.8. The summed E-state index contributed by atoms with van der Waals surface area (Å²) in [4.78, 5) is 14.1. The van der Waals surface area contributed by atoms with E-state index in [-0.39, 0.29) is 22.8 Å². The summed E-state index contributed by atoms with van der Waals surface area (Å²) in [5.41, 5.74) is 0. The van der Waals surface area contributed by atoms with E-state index in [2.05, 4.69) is 20.8 Å². The van der Waals surface area contributed by atoms with E-state index in [1.54, 1.807) is 24.3 Å². The molecule has 1 N–H and O–H groups in total. The zero-order valence-corrected chi connectivity index (χ0v) is 16.9. The zero-order valence-electron chi connectivity index (χ0n) is 14.5. The number of hydrogen-bond acceptors (Lipinski definition) is 6. The van der Waals surface area contributed by atoms with Gasteiger partial charge >= 0.3 is 5.97 Å². The van der Waals surface area contributed by atoms with Crippen LogP contribution in [0.5, 0.6) is 0 Å². The summed E-state index contributed by atoms with van der Waals surface area (Å²) in [5, 5.41) is 10.3. The molecule has 2 fully saturated rings. The summed E-state index contributed by atoms with van der Waals surface area (Å²) >= 11 is 3.31. The maximum Gasteiger partial charge on any atom is 0.308 e. The van der Waals surface area contributed by atoms with Gasteiger partial charge in [0, 0.05) is 36.7 Å². The molecule has 1 aliphatic heterocycles. The number of hydrogen-bond donors (Lipinski definition) is 1. The Morgan fingerprint density at radius 3 is 2.54 bits per heavy atom. The minimum absolute atomic E-state index is 0.130. The first kappa shape index (κ1) is 19.8. The molecule has 1 heterocycles. The third kappa shape index (κ3) is 3.96. The number of aliphatic hydroxyl groups is 1. The molecule has 0 amide bonds. The van der Waals surface area contributed by atoms with Crippen LogP contribution in [0.4, 0.5) is 0 Å². The van der Waals surface area contributed by atoms with Gasteiger partial charge in [-0.05, 0) is 31.0 Å². The van der Waals surface area contributed by atoms with E-state index in [0.29, 0.717) is 39.0 Å². The molecule has 0 radical (unpaired) electrons. The molecule has 9 heteroatoms. The van der Waals surface area contributed by atoms with Crippen LogP contribution in [0.3, 0.4) is 0 Å². The van der Waals surface area contributed by atoms with Gasteiger partial charge in [0.2, 0.25) is 10.0 Å². The van der Waals surface area contributed by atoms with Crippen LogP contribution in [0, 0.1) is 5.92 Å². The highest BCUT2D eigenvalue weighted by molar-refractivity contribution is 9.10. The Hall–Kier alpha value is -1.00. The molecule has 2 aliphatic rings. The van der Waals surface area contributed by atoms with Crippen molar-refractivity contribution in [2.24, 2.45) is 5.92 Å². The lowest BCUT2D eigenvalue weighted by atomic mass is 10.1. The van der Waals surface area contributed by atoms with Crippen LogP contribution in [0.2, 0.25) is 0 Å². The molecule has 1 saturated carbocycles. The minimum atomic E-state index is -3.53. The third-order valence-electron chi connectivity index (χ3n) is 5.21. The predicted octanol–water partition coefficient (Wildman–Crippen LogP) is 1.07. The summed E-state index contributed by atoms with van der Waals surface area (Å²) in [6.45, 7) is 1.79. The largest absolute Gasteiger partial charge is 0.469 e. The lowest BCUT2D eigenvalue weighted by molar-refractivity contribution is -0.145. The molecule has 1 aromatic carbocycles. The second-order valence-electron chi connectivity index (χ2n) is 6.72. The average Bonchev–Trinajstić information content (AvgIpc) is 3.03. The Labute approximate surface area is 162 Å². The van der Waals surface area contributed by atoms with E-state index in [9.17, 15) is 18.3 Å². The number of nitrogens with zero attached hydrogens (tertiary/aromatic N) is 2. The van der Waals surface area contributed by atoms with Gasteiger partial charge in [0.15, 0.2) is 0 Å². The summed E-state index contributed by atoms with van der Waals surface area (Å²) < 4.78 is 32.6. The van der Waals surface area contributed by atoms with Crippen LogP contribution in [0.1, 0.15) is 12.8 Å². The minimum Gasteiger partial charge on any atom is -0.469 e. The Bertz CT molecular complexity index is 764. The summed E-state index contributed by atoms with van der Waals surface area (Å²) in [5.74, 6) is -0.578. The van der Waals surface area contributed by atoms with Crippen LogP contribution in [0.25, 0.3) is 0 Å². The molecule has 0 bridgehead atoms. The Morgan fingerprint density at radius 2 is 1.92 bits per heavy atom. The molecule has 144 valence electrons. The number of esters is 1. The van der Waals surface area contributed by atoms with Crippen LogP contribution in [-0.2, 0) is 19.6 Å². The highest BCUT2D eigenvalue weighted by Crippen LogP contribution is 2.32. The van der Waals surface area contributed by atoms with Crippen molar-refractivity contribution < 1.29 is 23.1 Å². The number of sulfonamides is 1. The van der Waals surface area contributed by atoms with Gasteiger partial charge in [-0.1, -0.05) is 22.0 Å². The predicted molar refractivity (Wildman–Crippen MR) is 99.0 cm³/mol. The number of benzene rings is 1. The molecule has 7 nitrogen and oxygen atoms in total. The highest BCUT2D eigenvalue weighted by atomic mass is 79.9. The summed E-state index contributed by atoms with van der Waals surface area (Å²) in [6, 6.07) is 6.55. The monoisotopic (exact) mass is 446 g/mol. The van der Waals surface area contributed by atoms with Crippen molar-refractivity contribution in [1.82, 2.24) is 9.21 Å². The van der Waals surface area contributed by atoms with Crippen LogP contribution in [-0.4, -0.2) is 74.1 Å². The third-order valence-corrected chi connectivity index (χ3v) is 7.59. The quantitative estimate of drug-likeness (QED) is 0.695. The second kappa shape index (κ2) is 7.93. The van der Waals surface area contributed by atoms with Gasteiger partial charge in [0.25, 0.3) is 0 Å². The van der Waals surface area contributed by atoms with Gasteiger partial charge in [-0.25, -0.2) is 8.42 Å². The van der Waals surface area contributed by atoms with Gasteiger partial charge in [-0.3, -0.25) is 9.69 Å². The van der Waals surface area contributed by atoms with E-state index in [1.165, 1.54) is 11.4 Å². The van der Waals surface area contributed by atoms with Crippen molar-refractivity contribution >= 4 is 31.9 Å². The Balaban J connectivity index is 1.63. The standard InChI is InChI=1S/C17H23BrN2O5S/c1-25-17(22)12-9-15(16(21)10-12)19-5-7-20(8-6-19)26(23,24)14-4-2-3-13(18)11-14/h2-4,11-12,15-16,21H,5-10H2,1H3. The molecule has 1 aromatic rings. The molecular weight excluding hydrogens is 424 g/mol. The molecule has 0 aromatic heterocycles. The molecule has 3 atom stereocenters. The number of halogens is 1.